The molecule has 3 aromatic rings. The van der Waals surface area contributed by atoms with E-state index >= 15 is 0 Å². The standard InChI is InChI=1S/C21H23ClN2O4S/c1-2-10-24(23-14-21(25)16-4-3-5-18(22)11-16)19-8-6-15-7-9-20(29(26,27)28)13-17(15)12-19/h3-9,11-13,21,23,25H,2,10,14H2,1H3,(H,26,27,28)/t21-/m0/s1. The number of nitrogens with zero attached hydrogens (tertiary/aromatic N) is 1. The van der Waals surface area contributed by atoms with Crippen molar-refractivity contribution in [3.63, 3.8) is 0 Å². The van der Waals surface area contributed by atoms with E-state index in [1.165, 1.54) is 12.1 Å². The Labute approximate surface area is 175 Å². The van der Waals surface area contributed by atoms with E-state index in [2.05, 4.69) is 5.43 Å². The number of rotatable bonds is 8. The van der Waals surface area contributed by atoms with Gasteiger partial charge in [-0.1, -0.05) is 42.8 Å². The Morgan fingerprint density at radius 2 is 1.83 bits per heavy atom. The first-order valence-electron chi connectivity index (χ1n) is 9.24. The normalized spacial score (nSPS) is 12.8. The highest BCUT2D eigenvalue weighted by Gasteiger charge is 2.13. The van der Waals surface area contributed by atoms with Crippen LogP contribution in [-0.4, -0.2) is 31.2 Å². The van der Waals surface area contributed by atoms with Crippen LogP contribution >= 0.6 is 11.6 Å². The molecule has 3 N–H and O–H groups in total. The number of aliphatic hydroxyl groups is 1. The van der Waals surface area contributed by atoms with Crippen LogP contribution in [0.3, 0.4) is 0 Å². The van der Waals surface area contributed by atoms with Crippen LogP contribution in [0.25, 0.3) is 10.8 Å². The molecule has 0 radical (unpaired) electrons. The minimum absolute atomic E-state index is 0.145. The lowest BCUT2D eigenvalue weighted by atomic mass is 10.1. The van der Waals surface area contributed by atoms with Gasteiger partial charge >= 0.3 is 0 Å². The fraction of sp³-hybridized carbons (Fsp3) is 0.238. The van der Waals surface area contributed by atoms with Gasteiger partial charge in [0.15, 0.2) is 0 Å². The zero-order chi connectivity index (χ0) is 21.0. The molecular formula is C21H23ClN2O4S. The summed E-state index contributed by atoms with van der Waals surface area (Å²) in [5.41, 5.74) is 4.78. The highest BCUT2D eigenvalue weighted by Crippen LogP contribution is 2.25. The van der Waals surface area contributed by atoms with Crippen molar-refractivity contribution in [2.24, 2.45) is 0 Å². The van der Waals surface area contributed by atoms with Crippen molar-refractivity contribution in [3.8, 4) is 0 Å². The van der Waals surface area contributed by atoms with Crippen LogP contribution in [0, 0.1) is 0 Å². The van der Waals surface area contributed by atoms with Gasteiger partial charge in [0.2, 0.25) is 0 Å². The molecule has 0 amide bonds. The molecule has 6 nitrogen and oxygen atoms in total. The Balaban J connectivity index is 1.83. The Hall–Kier alpha value is -2.16. The summed E-state index contributed by atoms with van der Waals surface area (Å²) in [5, 5.41) is 14.5. The summed E-state index contributed by atoms with van der Waals surface area (Å²) in [7, 11) is -4.27. The van der Waals surface area contributed by atoms with E-state index in [-0.39, 0.29) is 11.4 Å². The van der Waals surface area contributed by atoms with Crippen LogP contribution < -0.4 is 10.4 Å². The topological polar surface area (TPSA) is 89.9 Å². The molecule has 0 aliphatic carbocycles. The van der Waals surface area contributed by atoms with E-state index in [9.17, 15) is 18.1 Å². The van der Waals surface area contributed by atoms with E-state index < -0.39 is 16.2 Å². The predicted octanol–water partition coefficient (Wildman–Crippen LogP) is 4.19. The molecule has 1 atom stereocenters. The first-order valence-corrected chi connectivity index (χ1v) is 11.1. The molecule has 8 heteroatoms. The molecule has 0 bridgehead atoms. The summed E-state index contributed by atoms with van der Waals surface area (Å²) in [4.78, 5) is -0.145. The summed E-state index contributed by atoms with van der Waals surface area (Å²) in [5.74, 6) is 0. The molecule has 0 aliphatic rings. The Bertz CT molecular complexity index is 1100. The molecule has 3 aromatic carbocycles. The zero-order valence-electron chi connectivity index (χ0n) is 15.9. The first-order chi connectivity index (χ1) is 13.8. The second-order valence-corrected chi connectivity index (χ2v) is 8.61. The van der Waals surface area contributed by atoms with Gasteiger partial charge in [-0.05, 0) is 59.2 Å². The van der Waals surface area contributed by atoms with Crippen LogP contribution in [0.15, 0.2) is 65.6 Å². The van der Waals surface area contributed by atoms with Gasteiger partial charge in [-0.2, -0.15) is 8.42 Å². The van der Waals surface area contributed by atoms with Crippen molar-refractivity contribution in [3.05, 3.63) is 71.2 Å². The van der Waals surface area contributed by atoms with Gasteiger partial charge in [0.1, 0.15) is 0 Å². The third kappa shape index (κ3) is 5.46. The van der Waals surface area contributed by atoms with E-state index in [1.54, 1.807) is 24.3 Å². The SMILES string of the molecule is CCCN(NC[C@H](O)c1cccc(Cl)c1)c1ccc2ccc(S(=O)(=O)O)cc2c1. The van der Waals surface area contributed by atoms with Gasteiger partial charge in [0, 0.05) is 18.1 Å². The molecule has 29 heavy (non-hydrogen) atoms. The fourth-order valence-electron chi connectivity index (χ4n) is 3.09. The number of hydrogen-bond acceptors (Lipinski definition) is 5. The van der Waals surface area contributed by atoms with Gasteiger partial charge < -0.3 is 10.1 Å². The highest BCUT2D eigenvalue weighted by molar-refractivity contribution is 7.85. The van der Waals surface area contributed by atoms with Crippen LogP contribution in [0.4, 0.5) is 5.69 Å². The van der Waals surface area contributed by atoms with Gasteiger partial charge in [0.05, 0.1) is 16.7 Å². The van der Waals surface area contributed by atoms with E-state index in [1.807, 2.05) is 36.2 Å². The Morgan fingerprint density at radius 3 is 2.52 bits per heavy atom. The highest BCUT2D eigenvalue weighted by atomic mass is 35.5. The molecule has 0 heterocycles. The quantitative estimate of drug-likeness (QED) is 0.363. The number of fused-ring (bicyclic) bond motifs is 1. The molecule has 3 rings (SSSR count). The Kier molecular flexibility index (Phi) is 6.77. The largest absolute Gasteiger partial charge is 0.387 e. The van der Waals surface area contributed by atoms with E-state index in [4.69, 9.17) is 11.6 Å². The van der Waals surface area contributed by atoms with E-state index in [0.29, 0.717) is 17.0 Å². The lowest BCUT2D eigenvalue weighted by Gasteiger charge is -2.27. The summed E-state index contributed by atoms with van der Waals surface area (Å²) in [6, 6.07) is 17.2. The maximum absolute atomic E-state index is 11.4. The summed E-state index contributed by atoms with van der Waals surface area (Å²) in [6.07, 6.45) is 0.128. The summed E-state index contributed by atoms with van der Waals surface area (Å²) >= 11 is 5.99. The molecule has 0 saturated carbocycles. The van der Waals surface area contributed by atoms with Gasteiger partial charge in [-0.25, -0.2) is 5.43 Å². The van der Waals surface area contributed by atoms with Crippen LogP contribution in [-0.2, 0) is 10.1 Å². The summed E-state index contributed by atoms with van der Waals surface area (Å²) in [6.45, 7) is 3.01. The lowest BCUT2D eigenvalue weighted by Crippen LogP contribution is -2.41. The number of anilines is 1. The predicted molar refractivity (Wildman–Crippen MR) is 116 cm³/mol. The average molecular weight is 435 g/mol. The molecule has 0 saturated heterocycles. The average Bonchev–Trinajstić information content (AvgIpc) is 2.69. The monoisotopic (exact) mass is 434 g/mol. The van der Waals surface area contributed by atoms with Crippen molar-refractivity contribution in [1.82, 2.24) is 5.43 Å². The van der Waals surface area contributed by atoms with Gasteiger partial charge in [-0.3, -0.25) is 4.55 Å². The molecule has 0 fully saturated rings. The van der Waals surface area contributed by atoms with Crippen molar-refractivity contribution in [1.29, 1.82) is 0 Å². The minimum Gasteiger partial charge on any atom is -0.387 e. The van der Waals surface area contributed by atoms with E-state index in [0.717, 1.165) is 23.1 Å². The zero-order valence-corrected chi connectivity index (χ0v) is 17.5. The van der Waals surface area contributed by atoms with Gasteiger partial charge in [-0.15, -0.1) is 0 Å². The number of benzene rings is 3. The van der Waals surface area contributed by atoms with Crippen LogP contribution in [0.1, 0.15) is 25.0 Å². The van der Waals surface area contributed by atoms with Crippen molar-refractivity contribution < 1.29 is 18.1 Å². The fourth-order valence-corrected chi connectivity index (χ4v) is 3.81. The third-order valence-electron chi connectivity index (χ3n) is 4.56. The second kappa shape index (κ2) is 9.11. The molecule has 0 spiro atoms. The maximum Gasteiger partial charge on any atom is 0.294 e. The van der Waals surface area contributed by atoms with Gasteiger partial charge in [0.25, 0.3) is 10.1 Å². The van der Waals surface area contributed by atoms with Crippen molar-refractivity contribution in [2.45, 2.75) is 24.3 Å². The molecular weight excluding hydrogens is 412 g/mol. The molecule has 0 aromatic heterocycles. The second-order valence-electron chi connectivity index (χ2n) is 6.75. The molecule has 0 unspecified atom stereocenters. The third-order valence-corrected chi connectivity index (χ3v) is 5.65. The number of hydrogen-bond donors (Lipinski definition) is 3. The number of halogens is 1. The molecule has 0 aliphatic heterocycles. The number of aliphatic hydroxyl groups excluding tert-OH is 1. The van der Waals surface area contributed by atoms with Crippen molar-refractivity contribution in [2.75, 3.05) is 18.1 Å². The summed E-state index contributed by atoms with van der Waals surface area (Å²) < 4.78 is 32.2. The lowest BCUT2D eigenvalue weighted by molar-refractivity contribution is 0.173. The van der Waals surface area contributed by atoms with Crippen LogP contribution in [0.2, 0.25) is 5.02 Å². The first kappa shape index (κ1) is 21.5. The van der Waals surface area contributed by atoms with Crippen LogP contribution in [0.5, 0.6) is 0 Å². The minimum atomic E-state index is -4.27. The smallest absolute Gasteiger partial charge is 0.294 e. The molecule has 154 valence electrons. The Morgan fingerprint density at radius 1 is 1.07 bits per heavy atom. The van der Waals surface area contributed by atoms with Crippen molar-refractivity contribution >= 4 is 38.2 Å². The maximum atomic E-state index is 11.4. The number of nitrogens with one attached hydrogen (secondary N) is 1. The number of hydrazine groups is 1.